The third-order valence-corrected chi connectivity index (χ3v) is 11.4. The van der Waals surface area contributed by atoms with Crippen molar-refractivity contribution in [1.82, 2.24) is 9.97 Å². The fourth-order valence-electron chi connectivity index (χ4n) is 8.73. The maximum atomic E-state index is 6.81. The molecule has 5 heteroatoms. The second-order valence-electron chi connectivity index (χ2n) is 14.9. The molecule has 0 aliphatic rings. The van der Waals surface area contributed by atoms with Gasteiger partial charge in [-0.25, -0.2) is 9.97 Å². The Bertz CT molecular complexity index is 3530. The predicted molar refractivity (Wildman–Crippen MR) is 243 cm³/mol. The summed E-state index contributed by atoms with van der Waals surface area (Å²) in [5, 5.41) is 7.43. The summed E-state index contributed by atoms with van der Waals surface area (Å²) in [7, 11) is 0. The minimum Gasteiger partial charge on any atom is -0.456 e. The standard InChI is InChI=1S/C54H33N3O2/c1-3-16-38(17-4-1)57(39-18-5-2-6-19-39)40-20-13-15-35(30-40)37-32-45(52-50(33-37)59-49-29-26-34-14-7-8-21-41(34)51(49)52)54-55-46-24-11-9-23-43(46)53(56-54)36-27-28-48-44(31-36)42-22-10-12-25-47(42)58-48/h1-33H. The van der Waals surface area contributed by atoms with Crippen molar-refractivity contribution < 1.29 is 8.83 Å². The molecular weight excluding hydrogens is 723 g/mol. The lowest BCUT2D eigenvalue weighted by molar-refractivity contribution is 0.668. The molecule has 9 aromatic carbocycles. The Labute approximate surface area is 339 Å². The zero-order valence-corrected chi connectivity index (χ0v) is 31.7. The van der Waals surface area contributed by atoms with Crippen LogP contribution in [0, 0.1) is 0 Å². The first kappa shape index (κ1) is 33.2. The van der Waals surface area contributed by atoms with Crippen molar-refractivity contribution in [2.45, 2.75) is 0 Å². The molecule has 12 aromatic rings. The van der Waals surface area contributed by atoms with Crippen LogP contribution in [-0.4, -0.2) is 9.97 Å². The van der Waals surface area contributed by atoms with Gasteiger partial charge in [0.1, 0.15) is 22.3 Å². The molecule has 5 nitrogen and oxygen atoms in total. The summed E-state index contributed by atoms with van der Waals surface area (Å²) in [5.74, 6) is 0.629. The van der Waals surface area contributed by atoms with Crippen LogP contribution in [0.25, 0.3) is 99.3 Å². The topological polar surface area (TPSA) is 55.3 Å². The molecule has 59 heavy (non-hydrogen) atoms. The second-order valence-corrected chi connectivity index (χ2v) is 14.9. The van der Waals surface area contributed by atoms with Gasteiger partial charge in [0.2, 0.25) is 0 Å². The lowest BCUT2D eigenvalue weighted by Crippen LogP contribution is -2.09. The number of hydrogen-bond donors (Lipinski definition) is 0. The number of furan rings is 2. The first-order valence-electron chi connectivity index (χ1n) is 19.8. The average Bonchev–Trinajstić information content (AvgIpc) is 3.88. The van der Waals surface area contributed by atoms with Gasteiger partial charge in [-0.3, -0.25) is 0 Å². The molecular formula is C54H33N3O2. The van der Waals surface area contributed by atoms with E-state index in [-0.39, 0.29) is 0 Å². The molecule has 0 saturated heterocycles. The molecule has 0 aliphatic heterocycles. The van der Waals surface area contributed by atoms with E-state index >= 15 is 0 Å². The van der Waals surface area contributed by atoms with Crippen molar-refractivity contribution in [3.8, 4) is 33.8 Å². The number of benzene rings is 9. The first-order chi connectivity index (χ1) is 29.2. The molecule has 0 aliphatic carbocycles. The summed E-state index contributed by atoms with van der Waals surface area (Å²) in [6.45, 7) is 0. The van der Waals surface area contributed by atoms with Crippen LogP contribution in [0.15, 0.2) is 209 Å². The van der Waals surface area contributed by atoms with E-state index in [1.165, 1.54) is 0 Å². The van der Waals surface area contributed by atoms with Gasteiger partial charge in [0.05, 0.1) is 11.2 Å². The van der Waals surface area contributed by atoms with Gasteiger partial charge in [0.15, 0.2) is 5.82 Å². The summed E-state index contributed by atoms with van der Waals surface area (Å²) in [5.41, 5.74) is 12.2. The number of hydrogen-bond acceptors (Lipinski definition) is 5. The molecule has 0 unspecified atom stereocenters. The number of aromatic nitrogens is 2. The number of para-hydroxylation sites is 4. The third kappa shape index (κ3) is 5.47. The van der Waals surface area contributed by atoms with Crippen LogP contribution in [0.3, 0.4) is 0 Å². The average molecular weight is 756 g/mol. The van der Waals surface area contributed by atoms with E-state index in [0.717, 1.165) is 111 Å². The highest BCUT2D eigenvalue weighted by atomic mass is 16.3. The van der Waals surface area contributed by atoms with Crippen molar-refractivity contribution in [3.05, 3.63) is 200 Å². The van der Waals surface area contributed by atoms with E-state index in [9.17, 15) is 0 Å². The van der Waals surface area contributed by atoms with Gasteiger partial charge in [-0.05, 0) is 107 Å². The van der Waals surface area contributed by atoms with Crippen LogP contribution < -0.4 is 4.90 Å². The molecule has 0 atom stereocenters. The minimum absolute atomic E-state index is 0.629. The van der Waals surface area contributed by atoms with Crippen LogP contribution in [0.1, 0.15) is 0 Å². The van der Waals surface area contributed by atoms with E-state index < -0.39 is 0 Å². The van der Waals surface area contributed by atoms with E-state index in [4.69, 9.17) is 18.8 Å². The predicted octanol–water partition coefficient (Wildman–Crippen LogP) is 15.1. The fraction of sp³-hybridized carbons (Fsp3) is 0. The maximum absolute atomic E-state index is 6.81. The summed E-state index contributed by atoms with van der Waals surface area (Å²) < 4.78 is 13.0. The Hall–Kier alpha value is -8.02. The van der Waals surface area contributed by atoms with Gasteiger partial charge in [-0.2, -0.15) is 0 Å². The van der Waals surface area contributed by atoms with Gasteiger partial charge in [-0.15, -0.1) is 0 Å². The Morgan fingerprint density at radius 3 is 1.85 bits per heavy atom. The van der Waals surface area contributed by atoms with Gasteiger partial charge in [0, 0.05) is 55.1 Å². The van der Waals surface area contributed by atoms with Crippen molar-refractivity contribution >= 4 is 82.6 Å². The highest BCUT2D eigenvalue weighted by Gasteiger charge is 2.22. The first-order valence-corrected chi connectivity index (χ1v) is 19.8. The molecule has 0 N–H and O–H groups in total. The molecule has 0 fully saturated rings. The Kier molecular flexibility index (Phi) is 7.47. The SMILES string of the molecule is c1ccc(N(c2ccccc2)c2cccc(-c3cc(-c4nc(-c5ccc6oc7ccccc7c6c5)c5ccccc5n4)c4c(c3)oc3ccc5ccccc5c34)c2)cc1. The van der Waals surface area contributed by atoms with E-state index in [1.54, 1.807) is 0 Å². The van der Waals surface area contributed by atoms with Gasteiger partial charge in [0.25, 0.3) is 0 Å². The Balaban J connectivity index is 1.12. The lowest BCUT2D eigenvalue weighted by atomic mass is 9.95. The van der Waals surface area contributed by atoms with Crippen LogP contribution in [0.5, 0.6) is 0 Å². The quantitative estimate of drug-likeness (QED) is 0.169. The van der Waals surface area contributed by atoms with Gasteiger partial charge < -0.3 is 13.7 Å². The van der Waals surface area contributed by atoms with E-state index in [0.29, 0.717) is 5.82 Å². The maximum Gasteiger partial charge on any atom is 0.161 e. The zero-order chi connectivity index (χ0) is 38.9. The number of rotatable bonds is 6. The van der Waals surface area contributed by atoms with Crippen molar-refractivity contribution in [3.63, 3.8) is 0 Å². The van der Waals surface area contributed by atoms with Gasteiger partial charge in [-0.1, -0.05) is 115 Å². The molecule has 0 spiro atoms. The Morgan fingerprint density at radius 2 is 1.02 bits per heavy atom. The van der Waals surface area contributed by atoms with Crippen molar-refractivity contribution in [2.24, 2.45) is 0 Å². The third-order valence-electron chi connectivity index (χ3n) is 11.4. The smallest absolute Gasteiger partial charge is 0.161 e. The zero-order valence-electron chi connectivity index (χ0n) is 31.7. The highest BCUT2D eigenvalue weighted by molar-refractivity contribution is 6.23. The highest BCUT2D eigenvalue weighted by Crippen LogP contribution is 2.44. The molecule has 12 rings (SSSR count). The monoisotopic (exact) mass is 755 g/mol. The van der Waals surface area contributed by atoms with Crippen LogP contribution in [0.2, 0.25) is 0 Å². The summed E-state index contributed by atoms with van der Waals surface area (Å²) >= 11 is 0. The second kappa shape index (κ2) is 13.3. The molecule has 276 valence electrons. The van der Waals surface area contributed by atoms with Crippen LogP contribution in [0.4, 0.5) is 17.1 Å². The molecule has 0 saturated carbocycles. The van der Waals surface area contributed by atoms with Crippen LogP contribution >= 0.6 is 0 Å². The largest absolute Gasteiger partial charge is 0.456 e. The van der Waals surface area contributed by atoms with Crippen LogP contribution in [-0.2, 0) is 0 Å². The number of anilines is 3. The molecule has 3 aromatic heterocycles. The normalized spacial score (nSPS) is 11.7. The van der Waals surface area contributed by atoms with E-state index in [1.807, 2.05) is 18.2 Å². The van der Waals surface area contributed by atoms with Crippen molar-refractivity contribution in [1.29, 1.82) is 0 Å². The molecule has 0 radical (unpaired) electrons. The van der Waals surface area contributed by atoms with Gasteiger partial charge >= 0.3 is 0 Å². The summed E-state index contributed by atoms with van der Waals surface area (Å²) in [6.07, 6.45) is 0. The molecule has 3 heterocycles. The minimum atomic E-state index is 0.629. The van der Waals surface area contributed by atoms with E-state index in [2.05, 4.69) is 187 Å². The summed E-state index contributed by atoms with van der Waals surface area (Å²) in [4.78, 5) is 13.1. The summed E-state index contributed by atoms with van der Waals surface area (Å²) in [6, 6.07) is 69.6. The fourth-order valence-corrected chi connectivity index (χ4v) is 8.73. The Morgan fingerprint density at radius 1 is 0.356 bits per heavy atom. The molecule has 0 bridgehead atoms. The number of nitrogens with zero attached hydrogens (tertiary/aromatic N) is 3. The number of fused-ring (bicyclic) bond motifs is 9. The molecule has 0 amide bonds. The lowest BCUT2D eigenvalue weighted by Gasteiger charge is -2.26. The van der Waals surface area contributed by atoms with Crippen molar-refractivity contribution in [2.75, 3.05) is 4.90 Å².